The molecule has 0 unspecified atom stereocenters. The molecule has 0 aliphatic rings. The molecule has 0 atom stereocenters. The first kappa shape index (κ1) is 22.3. The standard InChI is InChI=1S/C24H15Cl3N3O4P/c25-28-19-10-4-1-7-16(19)13-22(28)32-35(31,33-23-14-17-8-2-5-11-20(17)29(23)26)34-24-15-18-9-3-6-12-21(18)30(24)27/h1-15H. The van der Waals surface area contributed by atoms with Gasteiger partial charge in [0, 0.05) is 69.7 Å². The summed E-state index contributed by atoms with van der Waals surface area (Å²) in [5, 5.41) is 2.34. The minimum atomic E-state index is -4.45. The van der Waals surface area contributed by atoms with E-state index in [1.807, 2.05) is 54.6 Å². The van der Waals surface area contributed by atoms with Crippen LogP contribution in [0.2, 0.25) is 0 Å². The van der Waals surface area contributed by atoms with Crippen molar-refractivity contribution in [2.24, 2.45) is 0 Å². The number of benzene rings is 3. The second-order valence-corrected chi connectivity index (χ2v) is 10.1. The molecule has 0 bridgehead atoms. The summed E-state index contributed by atoms with van der Waals surface area (Å²) in [5.41, 5.74) is 1.98. The Morgan fingerprint density at radius 3 is 1.09 bits per heavy atom. The summed E-state index contributed by atoms with van der Waals surface area (Å²) >= 11 is 19.4. The van der Waals surface area contributed by atoms with Gasteiger partial charge in [-0.1, -0.05) is 54.6 Å². The molecule has 0 aliphatic heterocycles. The molecule has 0 N–H and O–H groups in total. The zero-order valence-electron chi connectivity index (χ0n) is 17.7. The van der Waals surface area contributed by atoms with E-state index < -0.39 is 7.82 Å². The highest BCUT2D eigenvalue weighted by molar-refractivity contribution is 7.49. The van der Waals surface area contributed by atoms with Gasteiger partial charge in [0.05, 0.1) is 16.6 Å². The fourth-order valence-electron chi connectivity index (χ4n) is 3.88. The van der Waals surface area contributed by atoms with Gasteiger partial charge in [0.2, 0.25) is 17.6 Å². The molecule has 0 aliphatic carbocycles. The third-order valence-electron chi connectivity index (χ3n) is 5.48. The van der Waals surface area contributed by atoms with E-state index in [0.29, 0.717) is 16.6 Å². The first-order valence-corrected chi connectivity index (χ1v) is 12.9. The van der Waals surface area contributed by atoms with E-state index >= 15 is 0 Å². The van der Waals surface area contributed by atoms with Crippen LogP contribution in [0.1, 0.15) is 0 Å². The van der Waals surface area contributed by atoms with Gasteiger partial charge in [-0.3, -0.25) is 0 Å². The molecular weight excluding hydrogens is 532 g/mol. The van der Waals surface area contributed by atoms with Crippen molar-refractivity contribution in [1.82, 2.24) is 12.3 Å². The largest absolute Gasteiger partial charge is 0.650 e. The molecule has 0 amide bonds. The highest BCUT2D eigenvalue weighted by Crippen LogP contribution is 2.52. The molecule has 3 heterocycles. The van der Waals surface area contributed by atoms with E-state index in [9.17, 15) is 4.57 Å². The van der Waals surface area contributed by atoms with Crippen molar-refractivity contribution in [1.29, 1.82) is 0 Å². The maximum Gasteiger partial charge on any atom is 0.650 e. The molecule has 0 saturated carbocycles. The van der Waals surface area contributed by atoms with E-state index in [2.05, 4.69) is 0 Å². The summed E-state index contributed by atoms with van der Waals surface area (Å²) in [6, 6.07) is 26.9. The Hall–Kier alpha value is -3.22. The molecule has 0 fully saturated rings. The number of para-hydroxylation sites is 3. The van der Waals surface area contributed by atoms with Gasteiger partial charge >= 0.3 is 7.82 Å². The van der Waals surface area contributed by atoms with Crippen LogP contribution >= 0.6 is 43.2 Å². The third kappa shape index (κ3) is 3.91. The van der Waals surface area contributed by atoms with Crippen LogP contribution < -0.4 is 13.6 Å². The van der Waals surface area contributed by atoms with E-state index in [1.54, 1.807) is 36.4 Å². The summed E-state index contributed by atoms with van der Waals surface area (Å²) in [6.07, 6.45) is 0. The lowest BCUT2D eigenvalue weighted by Crippen LogP contribution is -2.10. The van der Waals surface area contributed by atoms with Gasteiger partial charge in [0.15, 0.2) is 0 Å². The number of aromatic nitrogens is 3. The monoisotopic (exact) mass is 545 g/mol. The number of halogens is 3. The number of hydrogen-bond acceptors (Lipinski definition) is 4. The van der Waals surface area contributed by atoms with Crippen molar-refractivity contribution >= 4 is 75.9 Å². The van der Waals surface area contributed by atoms with Gasteiger partial charge in [-0.25, -0.2) is 12.3 Å². The first-order chi connectivity index (χ1) is 16.9. The lowest BCUT2D eigenvalue weighted by molar-refractivity contribution is 0.286. The summed E-state index contributed by atoms with van der Waals surface area (Å²) in [6.45, 7) is 0. The number of phosphoric ester groups is 1. The Kier molecular flexibility index (Phi) is 5.38. The van der Waals surface area contributed by atoms with Crippen LogP contribution in [-0.4, -0.2) is 12.3 Å². The van der Waals surface area contributed by atoms with Gasteiger partial charge in [0.25, 0.3) is 0 Å². The summed E-state index contributed by atoms with van der Waals surface area (Å²) in [5.74, 6) is 0.182. The number of nitrogens with zero attached hydrogens (tertiary/aromatic N) is 3. The molecule has 3 aromatic heterocycles. The van der Waals surface area contributed by atoms with Crippen LogP contribution in [0.5, 0.6) is 17.6 Å². The third-order valence-corrected chi connectivity index (χ3v) is 7.76. The Bertz CT molecular complexity index is 1570. The number of rotatable bonds is 6. The van der Waals surface area contributed by atoms with E-state index in [4.69, 9.17) is 48.9 Å². The normalized spacial score (nSPS) is 12.0. The maximum atomic E-state index is 14.1. The molecule has 0 radical (unpaired) electrons. The quantitative estimate of drug-likeness (QED) is 0.198. The van der Waals surface area contributed by atoms with Crippen molar-refractivity contribution in [2.75, 3.05) is 0 Å². The van der Waals surface area contributed by atoms with Crippen LogP contribution in [0.15, 0.2) is 91.0 Å². The predicted octanol–water partition coefficient (Wildman–Crippen LogP) is 8.20. The highest BCUT2D eigenvalue weighted by Gasteiger charge is 2.37. The average molecular weight is 547 g/mol. The molecular formula is C24H15Cl3N3O4P. The smallest absolute Gasteiger partial charge is 0.368 e. The summed E-state index contributed by atoms with van der Waals surface area (Å²) in [4.78, 5) is 0. The Balaban J connectivity index is 1.45. The second kappa shape index (κ2) is 8.47. The van der Waals surface area contributed by atoms with Crippen molar-refractivity contribution in [3.8, 4) is 17.6 Å². The van der Waals surface area contributed by atoms with Gasteiger partial charge in [0.1, 0.15) is 0 Å². The topological polar surface area (TPSA) is 59.6 Å². The average Bonchev–Trinajstić information content (AvgIpc) is 3.46. The van der Waals surface area contributed by atoms with Crippen LogP contribution in [0, 0.1) is 0 Å². The Morgan fingerprint density at radius 1 is 0.514 bits per heavy atom. The SMILES string of the molecule is O=P(Oc1cc2ccccc2n1Cl)(Oc1cc2ccccc2n1Cl)Oc1cc2ccccc2n1Cl. The zero-order chi connectivity index (χ0) is 24.2. The summed E-state index contributed by atoms with van der Waals surface area (Å²) in [7, 11) is -4.45. The zero-order valence-corrected chi connectivity index (χ0v) is 20.9. The lowest BCUT2D eigenvalue weighted by Gasteiger charge is -2.18. The fraction of sp³-hybridized carbons (Fsp3) is 0. The minimum Gasteiger partial charge on any atom is -0.368 e. The van der Waals surface area contributed by atoms with Crippen molar-refractivity contribution in [3.05, 3.63) is 91.0 Å². The van der Waals surface area contributed by atoms with Crippen LogP contribution in [0.3, 0.4) is 0 Å². The first-order valence-electron chi connectivity index (χ1n) is 10.4. The van der Waals surface area contributed by atoms with Gasteiger partial charge < -0.3 is 13.6 Å². The number of hydrogen-bond donors (Lipinski definition) is 0. The molecule has 11 heteroatoms. The van der Waals surface area contributed by atoms with Gasteiger partial charge in [-0.05, 0) is 18.2 Å². The summed E-state index contributed by atoms with van der Waals surface area (Å²) < 4.78 is 35.3. The van der Waals surface area contributed by atoms with Gasteiger partial charge in [-0.2, -0.15) is 4.57 Å². The molecule has 3 aromatic carbocycles. The van der Waals surface area contributed by atoms with E-state index in [0.717, 1.165) is 16.2 Å². The highest BCUT2D eigenvalue weighted by atomic mass is 35.5. The maximum absolute atomic E-state index is 14.1. The van der Waals surface area contributed by atoms with Crippen molar-refractivity contribution in [2.45, 2.75) is 0 Å². The molecule has 176 valence electrons. The van der Waals surface area contributed by atoms with Crippen LogP contribution in [0.25, 0.3) is 32.7 Å². The van der Waals surface area contributed by atoms with Crippen LogP contribution in [-0.2, 0) is 4.57 Å². The second-order valence-electron chi connectivity index (χ2n) is 7.69. The molecule has 7 nitrogen and oxygen atoms in total. The van der Waals surface area contributed by atoms with Crippen molar-refractivity contribution < 1.29 is 18.1 Å². The van der Waals surface area contributed by atoms with E-state index in [1.165, 1.54) is 12.3 Å². The molecule has 6 aromatic rings. The van der Waals surface area contributed by atoms with E-state index in [-0.39, 0.29) is 17.6 Å². The molecule has 35 heavy (non-hydrogen) atoms. The minimum absolute atomic E-state index is 0.0608. The molecule has 0 spiro atoms. The number of phosphoric acid groups is 1. The molecule has 0 saturated heterocycles. The molecule has 6 rings (SSSR count). The predicted molar refractivity (Wildman–Crippen MR) is 139 cm³/mol. The Morgan fingerprint density at radius 2 is 0.800 bits per heavy atom. The number of fused-ring (bicyclic) bond motifs is 3. The fourth-order valence-corrected chi connectivity index (χ4v) is 5.93. The van der Waals surface area contributed by atoms with Crippen LogP contribution in [0.4, 0.5) is 0 Å². The Labute approximate surface area is 214 Å². The lowest BCUT2D eigenvalue weighted by atomic mass is 10.3. The van der Waals surface area contributed by atoms with Gasteiger partial charge in [-0.15, -0.1) is 0 Å². The van der Waals surface area contributed by atoms with Crippen molar-refractivity contribution in [3.63, 3.8) is 0 Å².